The lowest BCUT2D eigenvalue weighted by Gasteiger charge is -2.35. The number of nitrogens with zero attached hydrogens (tertiary/aromatic N) is 2. The maximum atomic E-state index is 13.1. The monoisotopic (exact) mass is 360 g/mol. The summed E-state index contributed by atoms with van der Waals surface area (Å²) in [5, 5.41) is 4.10. The third-order valence-corrected chi connectivity index (χ3v) is 5.29. The number of hydrogen-bond acceptors (Lipinski definition) is 3. The van der Waals surface area contributed by atoms with E-state index in [1.807, 2.05) is 41.3 Å². The quantitative estimate of drug-likeness (QED) is 0.645. The molecule has 0 bridgehead atoms. The van der Waals surface area contributed by atoms with Gasteiger partial charge in [0.25, 0.3) is 5.91 Å². The predicted molar refractivity (Wildman–Crippen MR) is 105 cm³/mol. The van der Waals surface area contributed by atoms with E-state index in [4.69, 9.17) is 4.52 Å². The Hall–Kier alpha value is -2.88. The molecule has 1 atom stereocenters. The summed E-state index contributed by atoms with van der Waals surface area (Å²) in [5.74, 6) is 0.294. The number of aryl methyl sites for hydroxylation is 1. The van der Waals surface area contributed by atoms with Crippen LogP contribution in [0.15, 0.2) is 71.3 Å². The smallest absolute Gasteiger partial charge is 0.292 e. The van der Waals surface area contributed by atoms with E-state index in [2.05, 4.69) is 29.4 Å². The lowest BCUT2D eigenvalue weighted by Crippen LogP contribution is -2.43. The second-order valence-corrected chi connectivity index (χ2v) is 7.11. The first-order chi connectivity index (χ1) is 13.3. The number of hydrogen-bond donors (Lipinski definition) is 0. The number of carbonyl (C=O) groups is 1. The second kappa shape index (κ2) is 8.21. The minimum absolute atomic E-state index is 0.0394. The van der Waals surface area contributed by atoms with Crippen LogP contribution in [0, 0.1) is 0 Å². The van der Waals surface area contributed by atoms with Crippen LogP contribution >= 0.6 is 0 Å². The maximum Gasteiger partial charge on any atom is 0.292 e. The zero-order valence-electron chi connectivity index (χ0n) is 15.4. The van der Waals surface area contributed by atoms with Crippen molar-refractivity contribution >= 4 is 5.91 Å². The third-order valence-electron chi connectivity index (χ3n) is 5.29. The largest absolute Gasteiger partial charge is 0.350 e. The molecular weight excluding hydrogens is 336 g/mol. The molecule has 1 aliphatic rings. The molecule has 1 aromatic heterocycles. The van der Waals surface area contributed by atoms with Crippen molar-refractivity contribution in [3.05, 3.63) is 78.1 Å². The second-order valence-electron chi connectivity index (χ2n) is 7.11. The maximum absolute atomic E-state index is 13.1. The zero-order chi connectivity index (χ0) is 18.5. The lowest BCUT2D eigenvalue weighted by atomic mass is 9.95. The van der Waals surface area contributed by atoms with Crippen LogP contribution in [0.3, 0.4) is 0 Å². The summed E-state index contributed by atoms with van der Waals surface area (Å²) in [6.07, 6.45) is 5.25. The number of carbonyl (C=O) groups excluding carboxylic acids is 1. The number of rotatable bonds is 5. The minimum atomic E-state index is -0.0394. The van der Waals surface area contributed by atoms with Crippen LogP contribution in [-0.4, -0.2) is 28.6 Å². The molecule has 1 aliphatic heterocycles. The Balaban J connectivity index is 1.46. The summed E-state index contributed by atoms with van der Waals surface area (Å²) in [6, 6.07) is 22.3. The van der Waals surface area contributed by atoms with Crippen molar-refractivity contribution in [3.63, 3.8) is 0 Å². The Morgan fingerprint density at radius 3 is 2.56 bits per heavy atom. The number of likely N-dealkylation sites (tertiary alicyclic amines) is 1. The lowest BCUT2D eigenvalue weighted by molar-refractivity contribution is 0.0560. The zero-order valence-corrected chi connectivity index (χ0v) is 15.4. The first-order valence-corrected chi connectivity index (χ1v) is 9.68. The van der Waals surface area contributed by atoms with Gasteiger partial charge in [-0.05, 0) is 37.7 Å². The fourth-order valence-corrected chi connectivity index (χ4v) is 3.81. The molecule has 2 aromatic carbocycles. The molecule has 4 nitrogen and oxygen atoms in total. The van der Waals surface area contributed by atoms with Crippen LogP contribution in [0.4, 0.5) is 0 Å². The molecule has 0 unspecified atom stereocenters. The van der Waals surface area contributed by atoms with E-state index in [-0.39, 0.29) is 11.9 Å². The molecule has 0 N–H and O–H groups in total. The average Bonchev–Trinajstić information content (AvgIpc) is 3.24. The van der Waals surface area contributed by atoms with Crippen molar-refractivity contribution in [1.29, 1.82) is 0 Å². The van der Waals surface area contributed by atoms with Crippen LogP contribution in [0.5, 0.6) is 0 Å². The highest BCUT2D eigenvalue weighted by molar-refractivity contribution is 5.92. The van der Waals surface area contributed by atoms with Crippen molar-refractivity contribution < 1.29 is 9.32 Å². The van der Waals surface area contributed by atoms with Crippen LogP contribution in [0.25, 0.3) is 11.3 Å². The van der Waals surface area contributed by atoms with Gasteiger partial charge in [0.15, 0.2) is 0 Å². The third kappa shape index (κ3) is 4.11. The van der Waals surface area contributed by atoms with Crippen molar-refractivity contribution in [1.82, 2.24) is 10.1 Å². The number of piperidine rings is 1. The van der Waals surface area contributed by atoms with E-state index in [0.717, 1.165) is 37.8 Å². The highest BCUT2D eigenvalue weighted by Gasteiger charge is 2.29. The van der Waals surface area contributed by atoms with Gasteiger partial charge in [-0.25, -0.2) is 0 Å². The van der Waals surface area contributed by atoms with E-state index >= 15 is 0 Å². The Labute approximate surface area is 159 Å². The fraction of sp³-hybridized carbons (Fsp3) is 0.304. The standard InChI is InChI=1S/C23H24N2O2/c26-23(22-17-21(24-27-22)19-11-5-2-6-12-19)25-16-8-7-13-20(25)15-14-18-9-3-1-4-10-18/h1-6,9-12,17,20H,7-8,13-16H2/t20-/m0/s1. The first-order valence-electron chi connectivity index (χ1n) is 9.68. The summed E-state index contributed by atoms with van der Waals surface area (Å²) >= 11 is 0. The molecule has 0 aliphatic carbocycles. The fourth-order valence-electron chi connectivity index (χ4n) is 3.81. The molecule has 1 saturated heterocycles. The van der Waals surface area contributed by atoms with Gasteiger partial charge in [-0.15, -0.1) is 0 Å². The molecule has 27 heavy (non-hydrogen) atoms. The Morgan fingerprint density at radius 2 is 1.78 bits per heavy atom. The van der Waals surface area contributed by atoms with Gasteiger partial charge in [0.2, 0.25) is 5.76 Å². The molecule has 3 aromatic rings. The Kier molecular flexibility index (Phi) is 5.33. The normalized spacial score (nSPS) is 17.0. The summed E-state index contributed by atoms with van der Waals surface area (Å²) in [7, 11) is 0. The van der Waals surface area contributed by atoms with Crippen molar-refractivity contribution in [2.75, 3.05) is 6.54 Å². The Bertz CT molecular complexity index is 874. The van der Waals surface area contributed by atoms with E-state index in [9.17, 15) is 4.79 Å². The van der Waals surface area contributed by atoms with Crippen LogP contribution in [0.2, 0.25) is 0 Å². The molecule has 138 valence electrons. The number of amides is 1. The highest BCUT2D eigenvalue weighted by Crippen LogP contribution is 2.25. The molecule has 1 fully saturated rings. The predicted octanol–water partition coefficient (Wildman–Crippen LogP) is 4.97. The molecule has 0 radical (unpaired) electrons. The molecule has 4 rings (SSSR count). The summed E-state index contributed by atoms with van der Waals surface area (Å²) < 4.78 is 5.40. The molecule has 1 amide bonds. The van der Waals surface area contributed by atoms with Crippen LogP contribution in [-0.2, 0) is 6.42 Å². The van der Waals surface area contributed by atoms with E-state index < -0.39 is 0 Å². The van der Waals surface area contributed by atoms with Crippen molar-refractivity contribution in [2.24, 2.45) is 0 Å². The van der Waals surface area contributed by atoms with Gasteiger partial charge < -0.3 is 9.42 Å². The summed E-state index contributed by atoms with van der Waals surface area (Å²) in [4.78, 5) is 15.0. The van der Waals surface area contributed by atoms with Gasteiger partial charge in [-0.2, -0.15) is 0 Å². The van der Waals surface area contributed by atoms with Gasteiger partial charge in [0.1, 0.15) is 5.69 Å². The van der Waals surface area contributed by atoms with Crippen molar-refractivity contribution in [2.45, 2.75) is 38.1 Å². The average molecular weight is 360 g/mol. The van der Waals surface area contributed by atoms with Gasteiger partial charge in [-0.1, -0.05) is 65.8 Å². The van der Waals surface area contributed by atoms with Gasteiger partial charge in [0.05, 0.1) is 0 Å². The van der Waals surface area contributed by atoms with Crippen LogP contribution in [0.1, 0.15) is 41.8 Å². The summed E-state index contributed by atoms with van der Waals surface area (Å²) in [5.41, 5.74) is 2.98. The van der Waals surface area contributed by atoms with Gasteiger partial charge in [-0.3, -0.25) is 4.79 Å². The molecule has 4 heteroatoms. The van der Waals surface area contributed by atoms with Gasteiger partial charge in [0, 0.05) is 24.2 Å². The van der Waals surface area contributed by atoms with Crippen molar-refractivity contribution in [3.8, 4) is 11.3 Å². The van der Waals surface area contributed by atoms with Crippen LogP contribution < -0.4 is 0 Å². The topological polar surface area (TPSA) is 46.3 Å². The number of aromatic nitrogens is 1. The summed E-state index contributed by atoms with van der Waals surface area (Å²) in [6.45, 7) is 0.791. The van der Waals surface area contributed by atoms with E-state index in [0.29, 0.717) is 11.5 Å². The minimum Gasteiger partial charge on any atom is -0.350 e. The SMILES string of the molecule is O=C(c1cc(-c2ccccc2)no1)N1CCCC[C@H]1CCc1ccccc1. The first kappa shape index (κ1) is 17.5. The molecule has 0 saturated carbocycles. The molecule has 2 heterocycles. The Morgan fingerprint density at radius 1 is 1.04 bits per heavy atom. The highest BCUT2D eigenvalue weighted by atomic mass is 16.5. The number of benzene rings is 2. The molecule has 0 spiro atoms. The van der Waals surface area contributed by atoms with E-state index in [1.165, 1.54) is 12.0 Å². The van der Waals surface area contributed by atoms with Gasteiger partial charge >= 0.3 is 0 Å². The molecular formula is C23H24N2O2. The van der Waals surface area contributed by atoms with E-state index in [1.54, 1.807) is 6.07 Å².